The molecule has 3 heterocycles. The van der Waals surface area contributed by atoms with Crippen LogP contribution in [0.25, 0.3) is 11.3 Å². The molecule has 0 saturated heterocycles. The zero-order chi connectivity index (χ0) is 38.5. The van der Waals surface area contributed by atoms with Gasteiger partial charge in [0.15, 0.2) is 0 Å². The highest BCUT2D eigenvalue weighted by molar-refractivity contribution is 5.89. The third-order valence-electron chi connectivity index (χ3n) is 11.8. The molecule has 53 heavy (non-hydrogen) atoms. The molecule has 0 amide bonds. The Balaban J connectivity index is 1.50. The normalized spacial score (nSPS) is 30.2. The van der Waals surface area contributed by atoms with Gasteiger partial charge in [-0.05, 0) is 73.9 Å². The number of hydrogen-bond donors (Lipinski definition) is 1. The third-order valence-corrected chi connectivity index (χ3v) is 11.8. The van der Waals surface area contributed by atoms with E-state index in [1.54, 1.807) is 65.2 Å². The fourth-order valence-corrected chi connectivity index (χ4v) is 8.93. The molecular formula is C41H46N2O10. The van der Waals surface area contributed by atoms with Gasteiger partial charge in [-0.2, -0.15) is 5.26 Å². The van der Waals surface area contributed by atoms with Gasteiger partial charge in [-0.15, -0.1) is 0 Å². The van der Waals surface area contributed by atoms with Crippen LogP contribution in [0.15, 0.2) is 64.1 Å². The van der Waals surface area contributed by atoms with Crippen molar-refractivity contribution in [2.75, 3.05) is 6.61 Å². The number of ether oxygens (including phenoxy) is 4. The van der Waals surface area contributed by atoms with Crippen LogP contribution < -0.4 is 10.4 Å². The van der Waals surface area contributed by atoms with E-state index in [2.05, 4.69) is 4.98 Å². The molecule has 1 aliphatic heterocycles. The Bertz CT molecular complexity index is 1990. The van der Waals surface area contributed by atoms with Gasteiger partial charge in [0.1, 0.15) is 41.5 Å². The van der Waals surface area contributed by atoms with Crippen molar-refractivity contribution in [2.45, 2.75) is 91.6 Å². The van der Waals surface area contributed by atoms with Crippen molar-refractivity contribution in [1.29, 1.82) is 5.26 Å². The maximum absolute atomic E-state index is 13.9. The fraction of sp³-hybridized carbons (Fsp3) is 0.512. The van der Waals surface area contributed by atoms with Crippen LogP contribution in [0.1, 0.15) is 95.3 Å². The first-order valence-corrected chi connectivity index (χ1v) is 18.1. The lowest BCUT2D eigenvalue weighted by Crippen LogP contribution is -2.71. The number of aliphatic hydroxyl groups excluding tert-OH is 1. The highest BCUT2D eigenvalue weighted by atomic mass is 16.6. The van der Waals surface area contributed by atoms with Crippen LogP contribution >= 0.6 is 0 Å². The summed E-state index contributed by atoms with van der Waals surface area (Å²) in [5, 5.41) is 21.8. The first-order valence-electron chi connectivity index (χ1n) is 18.1. The Morgan fingerprint density at radius 2 is 1.72 bits per heavy atom. The van der Waals surface area contributed by atoms with E-state index in [1.807, 2.05) is 19.9 Å². The van der Waals surface area contributed by atoms with Gasteiger partial charge in [0, 0.05) is 35.4 Å². The quantitative estimate of drug-likeness (QED) is 0.206. The average Bonchev–Trinajstić information content (AvgIpc) is 3.12. The Labute approximate surface area is 308 Å². The molecule has 8 atom stereocenters. The lowest BCUT2D eigenvalue weighted by molar-refractivity contribution is -0.267. The summed E-state index contributed by atoms with van der Waals surface area (Å²) in [6.45, 7) is 12.5. The number of hydrogen-bond acceptors (Lipinski definition) is 12. The smallest absolute Gasteiger partial charge is 0.345 e. The molecule has 0 bridgehead atoms. The predicted octanol–water partition coefficient (Wildman–Crippen LogP) is 6.19. The second-order valence-corrected chi connectivity index (χ2v) is 15.9. The summed E-state index contributed by atoms with van der Waals surface area (Å²) in [6, 6.07) is 13.1. The molecule has 2 unspecified atom stereocenters. The minimum Gasteiger partial charge on any atom is -0.482 e. The Morgan fingerprint density at radius 3 is 2.34 bits per heavy atom. The van der Waals surface area contributed by atoms with Gasteiger partial charge in [0.2, 0.25) is 0 Å². The molecular weight excluding hydrogens is 680 g/mol. The number of nitrogens with zero attached hydrogens (tertiary/aromatic N) is 2. The average molecular weight is 727 g/mol. The number of aliphatic hydroxyl groups is 1. The van der Waals surface area contributed by atoms with Crippen molar-refractivity contribution >= 4 is 17.9 Å². The minimum atomic E-state index is -1.43. The van der Waals surface area contributed by atoms with Gasteiger partial charge in [-0.3, -0.25) is 14.6 Å². The van der Waals surface area contributed by atoms with E-state index in [0.717, 1.165) is 0 Å². The number of fused-ring (bicyclic) bond motifs is 4. The van der Waals surface area contributed by atoms with Gasteiger partial charge in [-0.25, -0.2) is 9.59 Å². The lowest BCUT2D eigenvalue weighted by Gasteiger charge is -2.66. The number of esters is 3. The number of carbonyl (C=O) groups excluding carboxylic acids is 3. The van der Waals surface area contributed by atoms with Crippen LogP contribution in [0.2, 0.25) is 0 Å². The van der Waals surface area contributed by atoms with Gasteiger partial charge in [-0.1, -0.05) is 41.5 Å². The van der Waals surface area contributed by atoms with Crippen LogP contribution in [-0.4, -0.2) is 52.4 Å². The van der Waals surface area contributed by atoms with Crippen LogP contribution in [0, 0.1) is 45.8 Å². The molecule has 2 aromatic heterocycles. The van der Waals surface area contributed by atoms with Crippen LogP contribution in [0.4, 0.5) is 0 Å². The zero-order valence-corrected chi connectivity index (χ0v) is 31.1. The Morgan fingerprint density at radius 1 is 1.02 bits per heavy atom. The number of rotatable bonds is 8. The van der Waals surface area contributed by atoms with Crippen molar-refractivity contribution in [3.63, 3.8) is 0 Å². The highest BCUT2D eigenvalue weighted by Gasteiger charge is 2.71. The topological polar surface area (TPSA) is 175 Å². The van der Waals surface area contributed by atoms with E-state index in [4.69, 9.17) is 23.4 Å². The number of carbonyl (C=O) groups is 3. The molecule has 0 spiro atoms. The minimum absolute atomic E-state index is 0.0551. The van der Waals surface area contributed by atoms with E-state index in [1.165, 1.54) is 24.3 Å². The van der Waals surface area contributed by atoms with Gasteiger partial charge in [0.25, 0.3) is 0 Å². The van der Waals surface area contributed by atoms with E-state index in [-0.39, 0.29) is 35.7 Å². The first-order chi connectivity index (χ1) is 25.0. The summed E-state index contributed by atoms with van der Waals surface area (Å²) in [7, 11) is 0. The zero-order valence-electron chi connectivity index (χ0n) is 31.1. The number of benzene rings is 1. The van der Waals surface area contributed by atoms with E-state index in [0.29, 0.717) is 24.0 Å². The molecule has 1 N–H and O–H groups in total. The van der Waals surface area contributed by atoms with Crippen molar-refractivity contribution in [3.8, 4) is 23.1 Å². The lowest BCUT2D eigenvalue weighted by atomic mass is 9.42. The van der Waals surface area contributed by atoms with Crippen LogP contribution in [0.5, 0.6) is 5.75 Å². The fourth-order valence-electron chi connectivity index (χ4n) is 8.93. The largest absolute Gasteiger partial charge is 0.482 e. The van der Waals surface area contributed by atoms with Crippen molar-refractivity contribution < 1.29 is 42.9 Å². The van der Waals surface area contributed by atoms with Gasteiger partial charge >= 0.3 is 23.5 Å². The molecule has 3 aromatic rings. The van der Waals surface area contributed by atoms with E-state index in [9.17, 15) is 29.5 Å². The summed E-state index contributed by atoms with van der Waals surface area (Å²) in [5.41, 5.74) is -2.98. The number of aromatic nitrogens is 1. The Kier molecular flexibility index (Phi) is 10.0. The van der Waals surface area contributed by atoms with Crippen LogP contribution in [0.3, 0.4) is 0 Å². The molecule has 6 rings (SSSR count). The summed E-state index contributed by atoms with van der Waals surface area (Å²) >= 11 is 0. The van der Waals surface area contributed by atoms with Crippen LogP contribution in [-0.2, 0) is 23.8 Å². The second-order valence-electron chi connectivity index (χ2n) is 15.9. The summed E-state index contributed by atoms with van der Waals surface area (Å²) in [4.78, 5) is 57.8. The van der Waals surface area contributed by atoms with Crippen molar-refractivity contribution in [3.05, 3.63) is 82.0 Å². The third kappa shape index (κ3) is 6.60. The number of nitriles is 1. The SMILES string of the molecule is CC(C)C(=O)OC[C@@]1(C)C2C[C@H](OC(=O)c3ccc(C#N)cc3)[C@@]3(C)Oc4cc(-c5cccnc5)oc(=O)c4[C@H](O)C3[C@@]2(C)CC[C@@H]1OC(=O)C(C)C. The molecule has 2 saturated carbocycles. The molecule has 3 aliphatic rings. The second kappa shape index (κ2) is 14.1. The molecule has 2 fully saturated rings. The summed E-state index contributed by atoms with van der Waals surface area (Å²) in [5.74, 6) is -3.39. The maximum atomic E-state index is 13.9. The highest BCUT2D eigenvalue weighted by Crippen LogP contribution is 2.67. The first kappa shape index (κ1) is 37.7. The number of pyridine rings is 1. The van der Waals surface area contributed by atoms with Gasteiger partial charge < -0.3 is 28.5 Å². The molecule has 2 aliphatic carbocycles. The van der Waals surface area contributed by atoms with Crippen molar-refractivity contribution in [2.24, 2.45) is 34.5 Å². The molecule has 280 valence electrons. The molecule has 12 nitrogen and oxygen atoms in total. The van der Waals surface area contributed by atoms with E-state index >= 15 is 0 Å². The standard InChI is InChI=1S/C41H46N2O10/c1-22(2)35(45)49-21-40(6)29-18-31(52-37(47)25-12-10-24(19-42)11-13-25)41(7)34(39(29,5)15-14-30(40)51-36(46)23(3)4)33(44)32-28(53-41)17-27(50-38(32)48)26-9-8-16-43-20-26/h8-13,16-17,20,22-23,29-31,33-34,44H,14-15,18,21H2,1-7H3/t29?,30-,31-,33-,34?,39-,40-,41+/m0/s1. The van der Waals surface area contributed by atoms with E-state index < -0.39 is 81.9 Å². The summed E-state index contributed by atoms with van der Waals surface area (Å²) < 4.78 is 31.0. The molecule has 12 heteroatoms. The van der Waals surface area contributed by atoms with Gasteiger partial charge in [0.05, 0.1) is 35.1 Å². The molecule has 1 aromatic carbocycles. The molecule has 0 radical (unpaired) electrons. The summed E-state index contributed by atoms with van der Waals surface area (Å²) in [6.07, 6.45) is 0.985. The Hall–Kier alpha value is -5.02. The maximum Gasteiger partial charge on any atom is 0.345 e. The predicted molar refractivity (Wildman–Crippen MR) is 190 cm³/mol. The van der Waals surface area contributed by atoms with Crippen molar-refractivity contribution in [1.82, 2.24) is 4.98 Å². The monoisotopic (exact) mass is 726 g/mol.